The van der Waals surface area contributed by atoms with Gasteiger partial charge in [0, 0.05) is 24.1 Å². The average molecular weight is 374 g/mol. The van der Waals surface area contributed by atoms with Crippen LogP contribution in [0.5, 0.6) is 0 Å². The topological polar surface area (TPSA) is 61.6 Å². The van der Waals surface area contributed by atoms with Crippen LogP contribution >= 0.6 is 15.9 Å². The van der Waals surface area contributed by atoms with Crippen LogP contribution in [0.25, 0.3) is 0 Å². The fourth-order valence-electron chi connectivity index (χ4n) is 2.00. The van der Waals surface area contributed by atoms with Crippen molar-refractivity contribution in [2.24, 2.45) is 0 Å². The van der Waals surface area contributed by atoms with E-state index in [9.17, 15) is 10.1 Å². The van der Waals surface area contributed by atoms with Crippen molar-refractivity contribution >= 4 is 21.6 Å². The van der Waals surface area contributed by atoms with Crippen LogP contribution in [0, 0.1) is 10.1 Å². The van der Waals surface area contributed by atoms with Gasteiger partial charge in [-0.3, -0.25) is 10.1 Å². The van der Waals surface area contributed by atoms with Crippen molar-refractivity contribution in [3.63, 3.8) is 0 Å². The van der Waals surface area contributed by atoms with E-state index in [2.05, 4.69) is 15.9 Å². The maximum Gasteiger partial charge on any atom is 0.269 e. The number of alkyl halides is 1. The second-order valence-corrected chi connectivity index (χ2v) is 5.93. The smallest absolute Gasteiger partial charge is 0.269 e. The first-order valence-corrected chi connectivity index (χ1v) is 8.78. The lowest BCUT2D eigenvalue weighted by atomic mass is 10.2. The molecular formula is C16H24BrNO4. The Morgan fingerprint density at radius 2 is 1.91 bits per heavy atom. The molecule has 0 N–H and O–H groups in total. The molecule has 0 aliphatic carbocycles. The number of halogens is 1. The van der Waals surface area contributed by atoms with Gasteiger partial charge in [-0.25, -0.2) is 0 Å². The molecule has 0 saturated heterocycles. The Morgan fingerprint density at radius 1 is 1.18 bits per heavy atom. The van der Waals surface area contributed by atoms with Crippen LogP contribution in [0.1, 0.15) is 44.6 Å². The van der Waals surface area contributed by atoms with Crippen molar-refractivity contribution in [1.82, 2.24) is 0 Å². The number of nitro benzene ring substituents is 1. The number of nitrogens with zero attached hydrogens (tertiary/aromatic N) is 1. The zero-order valence-electron chi connectivity index (χ0n) is 13.0. The number of unbranched alkanes of at least 4 members (excludes halogenated alkanes) is 4. The lowest BCUT2D eigenvalue weighted by Crippen LogP contribution is -2.13. The van der Waals surface area contributed by atoms with E-state index in [0.717, 1.165) is 17.3 Å². The van der Waals surface area contributed by atoms with Gasteiger partial charge in [-0.1, -0.05) is 47.3 Å². The second-order valence-electron chi connectivity index (χ2n) is 5.13. The van der Waals surface area contributed by atoms with Gasteiger partial charge in [0.15, 0.2) is 6.29 Å². The summed E-state index contributed by atoms with van der Waals surface area (Å²) in [6, 6.07) is 6.47. The van der Waals surface area contributed by atoms with Crippen molar-refractivity contribution in [3.05, 3.63) is 39.9 Å². The highest BCUT2D eigenvalue weighted by Crippen LogP contribution is 2.14. The summed E-state index contributed by atoms with van der Waals surface area (Å²) in [5.74, 6) is 0. The van der Waals surface area contributed by atoms with Gasteiger partial charge < -0.3 is 9.47 Å². The SMILES string of the molecule is CC(OCCCCCCCBr)OCc1cccc([N+](=O)[O-])c1. The highest BCUT2D eigenvalue weighted by Gasteiger charge is 2.07. The van der Waals surface area contributed by atoms with Crippen molar-refractivity contribution in [2.75, 3.05) is 11.9 Å². The van der Waals surface area contributed by atoms with Crippen LogP contribution in [0.2, 0.25) is 0 Å². The minimum atomic E-state index is -0.404. The molecule has 0 bridgehead atoms. The molecule has 0 spiro atoms. The standard InChI is InChI=1S/C16H24BrNO4/c1-14(21-11-6-4-2-3-5-10-17)22-13-15-8-7-9-16(12-15)18(19)20/h7-9,12,14H,2-6,10-11,13H2,1H3. The molecule has 0 radical (unpaired) electrons. The molecule has 0 heterocycles. The molecule has 1 unspecified atom stereocenters. The van der Waals surface area contributed by atoms with E-state index < -0.39 is 4.92 Å². The first kappa shape index (κ1) is 19.1. The summed E-state index contributed by atoms with van der Waals surface area (Å²) in [6.07, 6.45) is 5.62. The van der Waals surface area contributed by atoms with Crippen LogP contribution in [0.3, 0.4) is 0 Å². The van der Waals surface area contributed by atoms with E-state index in [4.69, 9.17) is 9.47 Å². The molecule has 0 fully saturated rings. The molecule has 22 heavy (non-hydrogen) atoms. The summed E-state index contributed by atoms with van der Waals surface area (Å²) in [5.41, 5.74) is 0.859. The molecule has 1 rings (SSSR count). The Bertz CT molecular complexity index is 442. The summed E-state index contributed by atoms with van der Waals surface area (Å²) in [4.78, 5) is 10.3. The molecule has 0 aromatic heterocycles. The predicted molar refractivity (Wildman–Crippen MR) is 90.2 cm³/mol. The van der Waals surface area contributed by atoms with Gasteiger partial charge >= 0.3 is 0 Å². The molecule has 0 aliphatic rings. The van der Waals surface area contributed by atoms with Crippen LogP contribution in [0.4, 0.5) is 5.69 Å². The van der Waals surface area contributed by atoms with Crippen LogP contribution in [-0.4, -0.2) is 23.2 Å². The largest absolute Gasteiger partial charge is 0.353 e. The third-order valence-electron chi connectivity index (χ3n) is 3.24. The van der Waals surface area contributed by atoms with Crippen molar-refractivity contribution in [3.8, 4) is 0 Å². The molecular weight excluding hydrogens is 350 g/mol. The van der Waals surface area contributed by atoms with Gasteiger partial charge in [0.2, 0.25) is 0 Å². The van der Waals surface area contributed by atoms with E-state index in [1.54, 1.807) is 6.07 Å². The molecule has 1 atom stereocenters. The second kappa shape index (κ2) is 11.6. The molecule has 5 nitrogen and oxygen atoms in total. The van der Waals surface area contributed by atoms with Crippen LogP contribution < -0.4 is 0 Å². The van der Waals surface area contributed by atoms with Gasteiger partial charge in [0.25, 0.3) is 5.69 Å². The zero-order chi connectivity index (χ0) is 16.2. The number of hydrogen-bond acceptors (Lipinski definition) is 4. The Balaban J connectivity index is 2.14. The van der Waals surface area contributed by atoms with E-state index in [1.165, 1.54) is 37.8 Å². The average Bonchev–Trinajstić information content (AvgIpc) is 2.52. The first-order valence-electron chi connectivity index (χ1n) is 7.66. The number of hydrogen-bond donors (Lipinski definition) is 0. The Kier molecular flexibility index (Phi) is 10.0. The highest BCUT2D eigenvalue weighted by molar-refractivity contribution is 9.09. The van der Waals surface area contributed by atoms with Crippen LogP contribution in [-0.2, 0) is 16.1 Å². The van der Waals surface area contributed by atoms with Gasteiger partial charge in [-0.2, -0.15) is 0 Å². The summed E-state index contributed by atoms with van der Waals surface area (Å²) in [5, 5.41) is 11.8. The molecule has 0 aliphatic heterocycles. The van der Waals surface area contributed by atoms with Crippen molar-refractivity contribution in [1.29, 1.82) is 0 Å². The highest BCUT2D eigenvalue weighted by atomic mass is 79.9. The number of non-ortho nitro benzene ring substituents is 1. The molecule has 0 amide bonds. The first-order chi connectivity index (χ1) is 10.6. The predicted octanol–water partition coefficient (Wildman–Crippen LogP) is 4.82. The van der Waals surface area contributed by atoms with Gasteiger partial charge in [0.1, 0.15) is 0 Å². The molecule has 0 saturated carbocycles. The quantitative estimate of drug-likeness (QED) is 0.173. The maximum atomic E-state index is 10.7. The zero-order valence-corrected chi connectivity index (χ0v) is 14.6. The molecule has 1 aromatic rings. The van der Waals surface area contributed by atoms with Gasteiger partial charge in [0.05, 0.1) is 11.5 Å². The summed E-state index contributed by atoms with van der Waals surface area (Å²) in [6.45, 7) is 2.85. The summed E-state index contributed by atoms with van der Waals surface area (Å²) >= 11 is 3.42. The molecule has 124 valence electrons. The number of rotatable bonds is 12. The Labute approximate surface area is 140 Å². The lowest BCUT2D eigenvalue weighted by molar-refractivity contribution is -0.385. The van der Waals surface area contributed by atoms with Crippen molar-refractivity contribution < 1.29 is 14.4 Å². The Hall–Kier alpha value is -0.980. The molecule has 6 heteroatoms. The number of ether oxygens (including phenoxy) is 2. The fraction of sp³-hybridized carbons (Fsp3) is 0.625. The number of benzene rings is 1. The van der Waals surface area contributed by atoms with Crippen molar-refractivity contribution in [2.45, 2.75) is 51.9 Å². The monoisotopic (exact) mass is 373 g/mol. The van der Waals surface area contributed by atoms with E-state index >= 15 is 0 Å². The van der Waals surface area contributed by atoms with E-state index in [1.807, 2.05) is 13.0 Å². The van der Waals surface area contributed by atoms with Crippen LogP contribution in [0.15, 0.2) is 24.3 Å². The third kappa shape index (κ3) is 8.46. The minimum absolute atomic E-state index is 0.0816. The normalized spacial score (nSPS) is 12.3. The summed E-state index contributed by atoms with van der Waals surface area (Å²) < 4.78 is 11.1. The van der Waals surface area contributed by atoms with Gasteiger partial charge in [-0.05, 0) is 25.3 Å². The number of nitro groups is 1. The fourth-order valence-corrected chi connectivity index (χ4v) is 2.39. The third-order valence-corrected chi connectivity index (χ3v) is 3.80. The molecule has 1 aromatic carbocycles. The Morgan fingerprint density at radius 3 is 2.64 bits per heavy atom. The van der Waals surface area contributed by atoms with E-state index in [0.29, 0.717) is 13.2 Å². The van der Waals surface area contributed by atoms with E-state index in [-0.39, 0.29) is 12.0 Å². The minimum Gasteiger partial charge on any atom is -0.353 e. The maximum absolute atomic E-state index is 10.7. The van der Waals surface area contributed by atoms with Gasteiger partial charge in [-0.15, -0.1) is 0 Å². The lowest BCUT2D eigenvalue weighted by Gasteiger charge is -2.14. The summed E-state index contributed by atoms with van der Waals surface area (Å²) in [7, 11) is 0.